The number of nitrogens with zero attached hydrogens (tertiary/aromatic N) is 2. The average molecular weight is 536 g/mol. The molecule has 3 aromatic rings. The van der Waals surface area contributed by atoms with E-state index in [0.717, 1.165) is 11.3 Å². The summed E-state index contributed by atoms with van der Waals surface area (Å²) in [6.45, 7) is 2.56. The molecule has 0 saturated carbocycles. The number of hydrogen-bond acceptors (Lipinski definition) is 7. The van der Waals surface area contributed by atoms with Gasteiger partial charge in [0.1, 0.15) is 23.7 Å². The number of anilines is 1. The third kappa shape index (κ3) is 5.98. The van der Waals surface area contributed by atoms with E-state index < -0.39 is 22.8 Å². The van der Waals surface area contributed by atoms with Crippen LogP contribution >= 0.6 is 11.6 Å². The minimum Gasteiger partial charge on any atom is -0.494 e. The van der Waals surface area contributed by atoms with E-state index in [4.69, 9.17) is 21.1 Å². The van der Waals surface area contributed by atoms with Crippen LogP contribution in [0.25, 0.3) is 6.08 Å². The van der Waals surface area contributed by atoms with Gasteiger partial charge >= 0.3 is 6.03 Å². The zero-order valence-corrected chi connectivity index (χ0v) is 20.9. The number of nitrogens with one attached hydrogen (secondary N) is 1. The lowest BCUT2D eigenvalue weighted by Crippen LogP contribution is -2.54. The number of urea groups is 1. The fourth-order valence-corrected chi connectivity index (χ4v) is 3.78. The number of halogens is 1. The number of imide groups is 2. The number of carbonyl (C=O) groups is 3. The smallest absolute Gasteiger partial charge is 0.335 e. The van der Waals surface area contributed by atoms with Crippen LogP contribution in [0.5, 0.6) is 11.5 Å². The van der Waals surface area contributed by atoms with Gasteiger partial charge in [-0.3, -0.25) is 25.0 Å². The number of nitro benzene ring substituents is 1. The molecular weight excluding hydrogens is 514 g/mol. The monoisotopic (exact) mass is 535 g/mol. The van der Waals surface area contributed by atoms with Gasteiger partial charge in [-0.2, -0.15) is 0 Å². The van der Waals surface area contributed by atoms with E-state index >= 15 is 0 Å². The quantitative estimate of drug-likeness (QED) is 0.171. The summed E-state index contributed by atoms with van der Waals surface area (Å²) in [4.78, 5) is 49.7. The minimum atomic E-state index is -0.875. The first kappa shape index (κ1) is 26.4. The van der Waals surface area contributed by atoms with Crippen LogP contribution < -0.4 is 19.7 Å². The van der Waals surface area contributed by atoms with Crippen LogP contribution in [0.15, 0.2) is 72.3 Å². The van der Waals surface area contributed by atoms with Gasteiger partial charge in [0.2, 0.25) is 0 Å². The molecule has 11 heteroatoms. The molecule has 1 aliphatic rings. The molecule has 4 rings (SSSR count). The van der Waals surface area contributed by atoms with Gasteiger partial charge in [-0.1, -0.05) is 18.5 Å². The maximum Gasteiger partial charge on any atom is 0.335 e. The first-order valence-corrected chi connectivity index (χ1v) is 11.9. The van der Waals surface area contributed by atoms with E-state index in [1.807, 2.05) is 6.92 Å². The van der Waals surface area contributed by atoms with Crippen LogP contribution in [0.1, 0.15) is 24.5 Å². The molecule has 0 radical (unpaired) electrons. The number of amides is 4. The van der Waals surface area contributed by atoms with Crippen molar-refractivity contribution in [1.82, 2.24) is 5.32 Å². The van der Waals surface area contributed by atoms with E-state index in [2.05, 4.69) is 5.32 Å². The molecule has 1 aliphatic heterocycles. The van der Waals surface area contributed by atoms with Crippen LogP contribution in [0.4, 0.5) is 16.2 Å². The molecule has 4 amide bonds. The highest BCUT2D eigenvalue weighted by atomic mass is 35.5. The second-order valence-electron chi connectivity index (χ2n) is 8.19. The van der Waals surface area contributed by atoms with Gasteiger partial charge in [-0.25, -0.2) is 9.69 Å². The number of rotatable bonds is 9. The number of benzene rings is 3. The van der Waals surface area contributed by atoms with Crippen molar-refractivity contribution in [2.24, 2.45) is 0 Å². The SMILES string of the molecule is CCCOc1ccc(N2C(=O)NC(=O)/C(=C/c3cc(Cl)ccc3OCc3ccc([N+](=O)[O-])cc3)C2=O)cc1. The Morgan fingerprint density at radius 1 is 1.00 bits per heavy atom. The molecule has 194 valence electrons. The van der Waals surface area contributed by atoms with Crippen molar-refractivity contribution in [3.63, 3.8) is 0 Å². The van der Waals surface area contributed by atoms with Crippen molar-refractivity contribution in [3.05, 3.63) is 98.6 Å². The normalized spacial score (nSPS) is 14.4. The Morgan fingerprint density at radius 3 is 2.37 bits per heavy atom. The van der Waals surface area contributed by atoms with E-state index in [9.17, 15) is 24.5 Å². The highest BCUT2D eigenvalue weighted by Crippen LogP contribution is 2.29. The molecule has 1 fully saturated rings. The average Bonchev–Trinajstić information content (AvgIpc) is 2.90. The highest BCUT2D eigenvalue weighted by molar-refractivity contribution is 6.39. The summed E-state index contributed by atoms with van der Waals surface area (Å²) in [6, 6.07) is 16.0. The number of barbiturate groups is 1. The van der Waals surface area contributed by atoms with Crippen molar-refractivity contribution in [2.75, 3.05) is 11.5 Å². The topological polar surface area (TPSA) is 128 Å². The summed E-state index contributed by atoms with van der Waals surface area (Å²) in [5.74, 6) is -0.787. The molecule has 1 saturated heterocycles. The molecule has 0 atom stereocenters. The predicted molar refractivity (Wildman–Crippen MR) is 140 cm³/mol. The second-order valence-corrected chi connectivity index (χ2v) is 8.63. The van der Waals surface area contributed by atoms with Crippen molar-refractivity contribution in [2.45, 2.75) is 20.0 Å². The van der Waals surface area contributed by atoms with Gasteiger partial charge in [-0.05, 0) is 72.7 Å². The minimum absolute atomic E-state index is 0.0466. The van der Waals surface area contributed by atoms with Gasteiger partial charge in [-0.15, -0.1) is 0 Å². The lowest BCUT2D eigenvalue weighted by Gasteiger charge is -2.26. The molecule has 10 nitrogen and oxygen atoms in total. The van der Waals surface area contributed by atoms with Crippen LogP contribution in [-0.2, 0) is 16.2 Å². The number of ether oxygens (including phenoxy) is 2. The van der Waals surface area contributed by atoms with Crippen molar-refractivity contribution >= 4 is 46.9 Å². The van der Waals surface area contributed by atoms with Gasteiger partial charge < -0.3 is 9.47 Å². The van der Waals surface area contributed by atoms with Crippen LogP contribution in [0.2, 0.25) is 5.02 Å². The molecule has 0 bridgehead atoms. The van der Waals surface area contributed by atoms with Gasteiger partial charge in [0.25, 0.3) is 17.5 Å². The first-order valence-electron chi connectivity index (χ1n) is 11.6. The largest absolute Gasteiger partial charge is 0.494 e. The van der Waals surface area contributed by atoms with E-state index in [0.29, 0.717) is 34.3 Å². The molecule has 0 aliphatic carbocycles. The summed E-state index contributed by atoms with van der Waals surface area (Å²) >= 11 is 6.16. The summed E-state index contributed by atoms with van der Waals surface area (Å²) < 4.78 is 11.4. The number of hydrogen-bond donors (Lipinski definition) is 1. The number of nitro groups is 1. The number of carbonyl (C=O) groups excluding carboxylic acids is 3. The van der Waals surface area contributed by atoms with Crippen molar-refractivity contribution in [3.8, 4) is 11.5 Å². The molecule has 0 spiro atoms. The Kier molecular flexibility index (Phi) is 8.03. The zero-order valence-electron chi connectivity index (χ0n) is 20.2. The third-order valence-corrected chi connectivity index (χ3v) is 5.72. The summed E-state index contributed by atoms with van der Waals surface area (Å²) in [5, 5.41) is 13.4. The summed E-state index contributed by atoms with van der Waals surface area (Å²) in [6.07, 6.45) is 2.13. The van der Waals surface area contributed by atoms with Gasteiger partial charge in [0.15, 0.2) is 0 Å². The zero-order chi connectivity index (χ0) is 27.2. The Hall–Kier alpha value is -4.70. The Balaban J connectivity index is 1.59. The Labute approximate surface area is 222 Å². The summed E-state index contributed by atoms with van der Waals surface area (Å²) in [5.41, 5.74) is 0.915. The first-order chi connectivity index (χ1) is 18.3. The fraction of sp³-hybridized carbons (Fsp3) is 0.148. The molecule has 0 unspecified atom stereocenters. The van der Waals surface area contributed by atoms with E-state index in [-0.39, 0.29) is 23.6 Å². The predicted octanol–water partition coefficient (Wildman–Crippen LogP) is 5.28. The van der Waals surface area contributed by atoms with Crippen LogP contribution in [0.3, 0.4) is 0 Å². The second kappa shape index (κ2) is 11.6. The molecule has 0 aromatic heterocycles. The molecular formula is C27H22ClN3O7. The fourth-order valence-electron chi connectivity index (χ4n) is 3.60. The molecule has 1 N–H and O–H groups in total. The Morgan fingerprint density at radius 2 is 1.71 bits per heavy atom. The standard InChI is InChI=1S/C27H22ClN3O7/c1-2-13-37-22-10-8-20(9-11-22)30-26(33)23(25(32)29-27(30)34)15-18-14-19(28)5-12-24(18)38-16-17-3-6-21(7-4-17)31(35)36/h3-12,14-15H,2,13,16H2,1H3,(H,29,32,34)/b23-15-. The lowest BCUT2D eigenvalue weighted by molar-refractivity contribution is -0.384. The molecule has 38 heavy (non-hydrogen) atoms. The number of non-ortho nitro benzene ring substituents is 1. The van der Waals surface area contributed by atoms with Crippen molar-refractivity contribution < 1.29 is 28.8 Å². The van der Waals surface area contributed by atoms with Gasteiger partial charge in [0.05, 0.1) is 17.2 Å². The maximum atomic E-state index is 13.3. The van der Waals surface area contributed by atoms with Crippen LogP contribution in [0, 0.1) is 10.1 Å². The third-order valence-electron chi connectivity index (χ3n) is 5.48. The highest BCUT2D eigenvalue weighted by Gasteiger charge is 2.37. The Bertz CT molecular complexity index is 1420. The van der Waals surface area contributed by atoms with E-state index in [1.165, 1.54) is 24.3 Å². The molecule has 3 aromatic carbocycles. The lowest BCUT2D eigenvalue weighted by atomic mass is 10.1. The summed E-state index contributed by atoms with van der Waals surface area (Å²) in [7, 11) is 0. The van der Waals surface area contributed by atoms with Crippen molar-refractivity contribution in [1.29, 1.82) is 0 Å². The maximum absolute atomic E-state index is 13.3. The van der Waals surface area contributed by atoms with Crippen LogP contribution in [-0.4, -0.2) is 29.4 Å². The van der Waals surface area contributed by atoms with E-state index in [1.54, 1.807) is 48.5 Å². The van der Waals surface area contributed by atoms with Gasteiger partial charge in [0, 0.05) is 22.7 Å². The molecule has 1 heterocycles.